The Balaban J connectivity index is 2.10. The van der Waals surface area contributed by atoms with Crippen molar-refractivity contribution in [3.8, 4) is 0 Å². The molecule has 2 nitrogen and oxygen atoms in total. The Hall–Kier alpha value is -1.22. The molecule has 3 heteroatoms. The molecule has 0 unspecified atom stereocenters. The quantitative estimate of drug-likeness (QED) is 0.756. The van der Waals surface area contributed by atoms with Crippen LogP contribution in [-0.4, -0.2) is 14.9 Å². The second-order valence-electron chi connectivity index (χ2n) is 5.37. The predicted octanol–water partition coefficient (Wildman–Crippen LogP) is 3.71. The smallest absolute Gasteiger partial charge is 0.264 e. The zero-order chi connectivity index (χ0) is 12.3. The molecule has 1 aliphatic heterocycles. The lowest BCUT2D eigenvalue weighted by Gasteiger charge is -2.20. The van der Waals surface area contributed by atoms with Gasteiger partial charge in [0.1, 0.15) is 0 Å². The Morgan fingerprint density at radius 2 is 1.88 bits per heavy atom. The molecule has 0 spiro atoms. The van der Waals surface area contributed by atoms with Crippen LogP contribution in [0.25, 0.3) is 0 Å². The molecule has 0 saturated carbocycles. The standard InChI is InChI=1S/C14H20O2Si/c1-17(2,3)16-14-13(9-10-15-14)11-12-7-5-4-6-8-12/h4-8H,9-11H2,1-3H3. The molecular weight excluding hydrogens is 228 g/mol. The number of rotatable bonds is 4. The van der Waals surface area contributed by atoms with Crippen LogP contribution in [0.15, 0.2) is 41.9 Å². The second-order valence-corrected chi connectivity index (χ2v) is 9.80. The Morgan fingerprint density at radius 3 is 2.53 bits per heavy atom. The van der Waals surface area contributed by atoms with E-state index in [0.717, 1.165) is 25.4 Å². The van der Waals surface area contributed by atoms with E-state index in [-0.39, 0.29) is 0 Å². The van der Waals surface area contributed by atoms with E-state index in [1.165, 1.54) is 11.1 Å². The molecule has 1 heterocycles. The van der Waals surface area contributed by atoms with Gasteiger partial charge in [-0.3, -0.25) is 0 Å². The highest BCUT2D eigenvalue weighted by Gasteiger charge is 2.24. The van der Waals surface area contributed by atoms with Crippen LogP contribution >= 0.6 is 0 Å². The van der Waals surface area contributed by atoms with Gasteiger partial charge in [-0.25, -0.2) is 0 Å². The maximum atomic E-state index is 5.98. The van der Waals surface area contributed by atoms with E-state index in [1.807, 2.05) is 6.07 Å². The van der Waals surface area contributed by atoms with Gasteiger partial charge in [0.05, 0.1) is 6.61 Å². The molecule has 1 aliphatic rings. The molecule has 0 radical (unpaired) electrons. The van der Waals surface area contributed by atoms with Crippen LogP contribution in [0.1, 0.15) is 12.0 Å². The van der Waals surface area contributed by atoms with E-state index in [0.29, 0.717) is 0 Å². The Morgan fingerprint density at radius 1 is 1.18 bits per heavy atom. The maximum Gasteiger partial charge on any atom is 0.264 e. The summed E-state index contributed by atoms with van der Waals surface area (Å²) in [4.78, 5) is 0. The Labute approximate surface area is 104 Å². The fourth-order valence-electron chi connectivity index (χ4n) is 1.85. The van der Waals surface area contributed by atoms with Crippen molar-refractivity contribution in [2.24, 2.45) is 0 Å². The van der Waals surface area contributed by atoms with Crippen LogP contribution in [0.5, 0.6) is 0 Å². The third-order valence-corrected chi connectivity index (χ3v) is 3.38. The highest BCUT2D eigenvalue weighted by atomic mass is 28.4. The van der Waals surface area contributed by atoms with Crippen molar-refractivity contribution in [2.75, 3.05) is 6.61 Å². The Kier molecular flexibility index (Phi) is 3.57. The summed E-state index contributed by atoms with van der Waals surface area (Å²) in [5.74, 6) is 0.799. The van der Waals surface area contributed by atoms with Crippen LogP contribution in [-0.2, 0) is 15.6 Å². The summed E-state index contributed by atoms with van der Waals surface area (Å²) in [6.07, 6.45) is 1.94. The third-order valence-electron chi connectivity index (χ3n) is 2.58. The van der Waals surface area contributed by atoms with Gasteiger partial charge in [-0.05, 0) is 25.2 Å². The lowest BCUT2D eigenvalue weighted by molar-refractivity contribution is 0.127. The fourth-order valence-corrected chi connectivity index (χ4v) is 2.61. The number of hydrogen-bond acceptors (Lipinski definition) is 2. The molecule has 0 fully saturated rings. The van der Waals surface area contributed by atoms with Crippen molar-refractivity contribution < 1.29 is 9.16 Å². The molecule has 17 heavy (non-hydrogen) atoms. The van der Waals surface area contributed by atoms with E-state index >= 15 is 0 Å². The van der Waals surface area contributed by atoms with Crippen LogP contribution in [0.3, 0.4) is 0 Å². The SMILES string of the molecule is C[Si](C)(C)OC1=C(Cc2ccccc2)CCO1. The lowest BCUT2D eigenvalue weighted by atomic mass is 10.0. The van der Waals surface area contributed by atoms with Gasteiger partial charge >= 0.3 is 0 Å². The van der Waals surface area contributed by atoms with Crippen LogP contribution in [0.2, 0.25) is 19.6 Å². The minimum atomic E-state index is -1.56. The van der Waals surface area contributed by atoms with Crippen LogP contribution in [0.4, 0.5) is 0 Å². The summed E-state index contributed by atoms with van der Waals surface area (Å²) in [6.45, 7) is 7.31. The summed E-state index contributed by atoms with van der Waals surface area (Å²) in [5.41, 5.74) is 2.63. The number of ether oxygens (including phenoxy) is 1. The van der Waals surface area contributed by atoms with Gasteiger partial charge in [0, 0.05) is 18.4 Å². The largest absolute Gasteiger partial charge is 0.520 e. The lowest BCUT2D eigenvalue weighted by Crippen LogP contribution is -2.25. The highest BCUT2D eigenvalue weighted by Crippen LogP contribution is 2.26. The number of hydrogen-bond donors (Lipinski definition) is 0. The normalized spacial score (nSPS) is 15.9. The van der Waals surface area contributed by atoms with Crippen molar-refractivity contribution in [2.45, 2.75) is 32.5 Å². The molecule has 0 atom stereocenters. The Bertz CT molecular complexity index is 404. The summed E-state index contributed by atoms with van der Waals surface area (Å²) in [7, 11) is -1.56. The first-order valence-electron chi connectivity index (χ1n) is 6.12. The average Bonchev–Trinajstić information content (AvgIpc) is 2.65. The first-order chi connectivity index (χ1) is 8.04. The van der Waals surface area contributed by atoms with Gasteiger partial charge in [-0.15, -0.1) is 0 Å². The maximum absolute atomic E-state index is 5.98. The summed E-state index contributed by atoms with van der Waals surface area (Å²) in [5, 5.41) is 0. The molecule has 1 aromatic rings. The molecular formula is C14H20O2Si. The topological polar surface area (TPSA) is 18.5 Å². The van der Waals surface area contributed by atoms with Gasteiger partial charge in [0.25, 0.3) is 5.95 Å². The molecule has 0 aromatic heterocycles. The molecule has 0 N–H and O–H groups in total. The molecule has 0 amide bonds. The molecule has 1 aromatic carbocycles. The van der Waals surface area contributed by atoms with Crippen LogP contribution in [0, 0.1) is 0 Å². The third kappa shape index (κ3) is 3.63. The van der Waals surface area contributed by atoms with Crippen molar-refractivity contribution in [1.29, 1.82) is 0 Å². The summed E-state index contributed by atoms with van der Waals surface area (Å²) < 4.78 is 11.6. The van der Waals surface area contributed by atoms with E-state index in [4.69, 9.17) is 9.16 Å². The first kappa shape index (κ1) is 12.2. The number of benzene rings is 1. The van der Waals surface area contributed by atoms with E-state index in [2.05, 4.69) is 43.9 Å². The minimum Gasteiger partial charge on any atom is -0.520 e. The van der Waals surface area contributed by atoms with Crippen LogP contribution < -0.4 is 0 Å². The van der Waals surface area contributed by atoms with Crippen molar-refractivity contribution in [3.63, 3.8) is 0 Å². The van der Waals surface area contributed by atoms with Gasteiger partial charge in [0.15, 0.2) is 0 Å². The van der Waals surface area contributed by atoms with E-state index < -0.39 is 8.32 Å². The monoisotopic (exact) mass is 248 g/mol. The molecule has 0 bridgehead atoms. The van der Waals surface area contributed by atoms with E-state index in [9.17, 15) is 0 Å². The predicted molar refractivity (Wildman–Crippen MR) is 72.2 cm³/mol. The molecule has 92 valence electrons. The second kappa shape index (κ2) is 4.96. The molecule has 2 rings (SSSR count). The van der Waals surface area contributed by atoms with Gasteiger partial charge in [-0.1, -0.05) is 30.3 Å². The highest BCUT2D eigenvalue weighted by molar-refractivity contribution is 6.70. The van der Waals surface area contributed by atoms with Crippen molar-refractivity contribution in [3.05, 3.63) is 47.4 Å². The average molecular weight is 248 g/mol. The zero-order valence-corrected chi connectivity index (χ0v) is 11.8. The molecule has 0 saturated heterocycles. The van der Waals surface area contributed by atoms with Crippen molar-refractivity contribution >= 4 is 8.32 Å². The molecule has 0 aliphatic carbocycles. The fraction of sp³-hybridized carbons (Fsp3) is 0.429. The van der Waals surface area contributed by atoms with Crippen molar-refractivity contribution in [1.82, 2.24) is 0 Å². The van der Waals surface area contributed by atoms with Gasteiger partial charge < -0.3 is 9.16 Å². The van der Waals surface area contributed by atoms with Gasteiger partial charge in [0.2, 0.25) is 8.32 Å². The van der Waals surface area contributed by atoms with E-state index in [1.54, 1.807) is 0 Å². The van der Waals surface area contributed by atoms with Gasteiger partial charge in [-0.2, -0.15) is 0 Å². The minimum absolute atomic E-state index is 0.766. The summed E-state index contributed by atoms with van der Waals surface area (Å²) in [6, 6.07) is 10.5. The summed E-state index contributed by atoms with van der Waals surface area (Å²) >= 11 is 0. The first-order valence-corrected chi connectivity index (χ1v) is 9.53. The zero-order valence-electron chi connectivity index (χ0n) is 10.8.